The Morgan fingerprint density at radius 2 is 1.57 bits per heavy atom. The highest BCUT2D eigenvalue weighted by atomic mass is 32.2. The van der Waals surface area contributed by atoms with Crippen molar-refractivity contribution in [3.63, 3.8) is 0 Å². The van der Waals surface area contributed by atoms with Crippen LogP contribution >= 0.6 is 0 Å². The number of nitrogens with zero attached hydrogens (tertiary/aromatic N) is 4. The van der Waals surface area contributed by atoms with Crippen molar-refractivity contribution in [3.8, 4) is 5.75 Å². The highest BCUT2D eigenvalue weighted by Gasteiger charge is 2.31. The number of nitrogens with one attached hydrogen (secondary N) is 1. The second kappa shape index (κ2) is 10.5. The summed E-state index contributed by atoms with van der Waals surface area (Å²) in [6.07, 6.45) is 0. The third kappa shape index (κ3) is 5.16. The molecule has 1 atom stereocenters. The molecule has 4 aromatic rings. The zero-order valence-corrected chi connectivity index (χ0v) is 22.1. The van der Waals surface area contributed by atoms with Crippen LogP contribution in [0.3, 0.4) is 0 Å². The van der Waals surface area contributed by atoms with Crippen LogP contribution < -0.4 is 10.1 Å². The number of sulfonamides is 1. The summed E-state index contributed by atoms with van der Waals surface area (Å²) in [4.78, 5) is 12.4. The first-order valence-electron chi connectivity index (χ1n) is 12.3. The van der Waals surface area contributed by atoms with Gasteiger partial charge in [-0.1, -0.05) is 42.0 Å². The van der Waals surface area contributed by atoms with Crippen molar-refractivity contribution in [2.24, 2.45) is 0 Å². The number of piperazine rings is 1. The number of aryl methyl sites for hydroxylation is 1. The van der Waals surface area contributed by atoms with Crippen LogP contribution in [0.2, 0.25) is 0 Å². The highest BCUT2D eigenvalue weighted by molar-refractivity contribution is 7.89. The van der Waals surface area contributed by atoms with Crippen molar-refractivity contribution in [1.82, 2.24) is 19.2 Å². The Morgan fingerprint density at radius 3 is 2.30 bits per heavy atom. The molecule has 0 spiro atoms. The maximum absolute atomic E-state index is 13.1. The van der Waals surface area contributed by atoms with Gasteiger partial charge in [-0.15, -0.1) is 0 Å². The lowest BCUT2D eigenvalue weighted by atomic mass is 10.2. The van der Waals surface area contributed by atoms with Crippen LogP contribution in [-0.4, -0.2) is 60.9 Å². The topological polar surface area (TPSA) is 87.7 Å². The number of rotatable bonds is 7. The second-order valence-corrected chi connectivity index (χ2v) is 11.1. The average Bonchev–Trinajstić information content (AvgIpc) is 2.93. The number of para-hydroxylation sites is 3. The zero-order valence-electron chi connectivity index (χ0n) is 21.3. The fourth-order valence-electron chi connectivity index (χ4n) is 4.61. The van der Waals surface area contributed by atoms with Crippen LogP contribution in [-0.2, 0) is 10.0 Å². The third-order valence-electron chi connectivity index (χ3n) is 6.83. The van der Waals surface area contributed by atoms with Crippen molar-refractivity contribution >= 4 is 32.4 Å². The van der Waals surface area contributed by atoms with Crippen LogP contribution in [0, 0.1) is 6.92 Å². The average molecular weight is 518 g/mol. The number of methoxy groups -OCH3 is 1. The van der Waals surface area contributed by atoms with Gasteiger partial charge < -0.3 is 10.1 Å². The van der Waals surface area contributed by atoms with Gasteiger partial charge >= 0.3 is 0 Å². The van der Waals surface area contributed by atoms with E-state index in [9.17, 15) is 8.42 Å². The summed E-state index contributed by atoms with van der Waals surface area (Å²) >= 11 is 0. The van der Waals surface area contributed by atoms with Gasteiger partial charge in [-0.05, 0) is 50.2 Å². The number of anilines is 2. The van der Waals surface area contributed by atoms with Gasteiger partial charge in [-0.2, -0.15) is 4.31 Å². The summed E-state index contributed by atoms with van der Waals surface area (Å²) in [7, 11) is -1.87. The molecule has 1 aliphatic rings. The van der Waals surface area contributed by atoms with Crippen molar-refractivity contribution < 1.29 is 13.2 Å². The molecule has 0 amide bonds. The first-order chi connectivity index (χ1) is 17.9. The SMILES string of the molecule is COc1ccccc1Nc1nc([C@@H](C)N2CCN(S(=O)(=O)c3ccc(C)cc3)CC2)nc2ccccc12. The minimum Gasteiger partial charge on any atom is -0.495 e. The summed E-state index contributed by atoms with van der Waals surface area (Å²) in [5.41, 5.74) is 2.70. The van der Waals surface area contributed by atoms with Gasteiger partial charge in [0.1, 0.15) is 17.4 Å². The molecule has 3 aromatic carbocycles. The number of benzene rings is 3. The molecule has 1 saturated heterocycles. The molecule has 0 saturated carbocycles. The molecule has 0 unspecified atom stereocenters. The Kier molecular flexibility index (Phi) is 7.10. The Balaban J connectivity index is 1.37. The molecule has 0 radical (unpaired) electrons. The predicted molar refractivity (Wildman–Crippen MR) is 146 cm³/mol. The molecule has 37 heavy (non-hydrogen) atoms. The zero-order chi connectivity index (χ0) is 26.0. The van der Waals surface area contributed by atoms with Crippen molar-refractivity contribution in [3.05, 3.63) is 84.2 Å². The summed E-state index contributed by atoms with van der Waals surface area (Å²) in [5.74, 6) is 2.12. The van der Waals surface area contributed by atoms with E-state index in [1.807, 2.05) is 67.6 Å². The number of aromatic nitrogens is 2. The Morgan fingerprint density at radius 1 is 0.892 bits per heavy atom. The molecule has 2 heterocycles. The van der Waals surface area contributed by atoms with Crippen molar-refractivity contribution in [2.45, 2.75) is 24.8 Å². The summed E-state index contributed by atoms with van der Waals surface area (Å²) in [6, 6.07) is 22.6. The molecule has 5 rings (SSSR count). The number of hydrogen-bond donors (Lipinski definition) is 1. The van der Waals surface area contributed by atoms with Crippen LogP contribution in [0.15, 0.2) is 77.7 Å². The Hall–Kier alpha value is -3.53. The van der Waals surface area contributed by atoms with E-state index in [1.54, 1.807) is 23.5 Å². The molecular formula is C28H31N5O3S. The monoisotopic (exact) mass is 517 g/mol. The molecule has 1 aromatic heterocycles. The maximum Gasteiger partial charge on any atom is 0.243 e. The number of hydrogen-bond acceptors (Lipinski definition) is 7. The summed E-state index contributed by atoms with van der Waals surface area (Å²) in [6.45, 7) is 6.04. The van der Waals surface area contributed by atoms with E-state index < -0.39 is 10.0 Å². The molecule has 0 aliphatic carbocycles. The van der Waals surface area contributed by atoms with Crippen LogP contribution in [0.5, 0.6) is 5.75 Å². The largest absolute Gasteiger partial charge is 0.495 e. The quantitative estimate of drug-likeness (QED) is 0.378. The van der Waals surface area contributed by atoms with Crippen LogP contribution in [0.1, 0.15) is 24.4 Å². The summed E-state index contributed by atoms with van der Waals surface area (Å²) in [5, 5.41) is 4.35. The van der Waals surface area contributed by atoms with E-state index in [0.717, 1.165) is 27.9 Å². The lowest BCUT2D eigenvalue weighted by Crippen LogP contribution is -2.49. The predicted octanol–water partition coefficient (Wildman–Crippen LogP) is 4.76. The minimum atomic E-state index is -3.52. The van der Waals surface area contributed by atoms with Gasteiger partial charge in [0.2, 0.25) is 10.0 Å². The number of ether oxygens (including phenoxy) is 1. The van der Waals surface area contributed by atoms with Gasteiger partial charge in [0.25, 0.3) is 0 Å². The third-order valence-corrected chi connectivity index (χ3v) is 8.75. The molecule has 9 heteroatoms. The van der Waals surface area contributed by atoms with Crippen LogP contribution in [0.4, 0.5) is 11.5 Å². The molecule has 1 aliphatic heterocycles. The molecular weight excluding hydrogens is 486 g/mol. The molecule has 1 N–H and O–H groups in total. The lowest BCUT2D eigenvalue weighted by Gasteiger charge is -2.36. The first-order valence-corrected chi connectivity index (χ1v) is 13.8. The van der Waals surface area contributed by atoms with E-state index in [1.165, 1.54) is 0 Å². The standard InChI is InChI=1S/C28H31N5O3S/c1-20-12-14-22(15-13-20)37(34,35)33-18-16-32(17-19-33)21(2)27-29-24-9-5-4-8-23(24)28(31-27)30-25-10-6-7-11-26(25)36-3/h4-15,21H,16-19H2,1-3H3,(H,29,30,31)/t21-/m1/s1. The van der Waals surface area contributed by atoms with E-state index in [4.69, 9.17) is 14.7 Å². The fourth-order valence-corrected chi connectivity index (χ4v) is 6.03. The normalized spacial score (nSPS) is 16.0. The molecule has 1 fully saturated rings. The van der Waals surface area contributed by atoms with E-state index in [0.29, 0.717) is 42.7 Å². The Bertz CT molecular complexity index is 1500. The van der Waals surface area contributed by atoms with E-state index >= 15 is 0 Å². The van der Waals surface area contributed by atoms with Gasteiger partial charge in [0, 0.05) is 31.6 Å². The second-order valence-electron chi connectivity index (χ2n) is 9.20. The lowest BCUT2D eigenvalue weighted by molar-refractivity contribution is 0.141. The highest BCUT2D eigenvalue weighted by Crippen LogP contribution is 2.31. The molecule has 0 bridgehead atoms. The van der Waals surface area contributed by atoms with Gasteiger partial charge in [-0.3, -0.25) is 4.90 Å². The van der Waals surface area contributed by atoms with Crippen molar-refractivity contribution in [1.29, 1.82) is 0 Å². The van der Waals surface area contributed by atoms with E-state index in [-0.39, 0.29) is 6.04 Å². The van der Waals surface area contributed by atoms with Crippen LogP contribution in [0.25, 0.3) is 10.9 Å². The first kappa shape index (κ1) is 25.1. The smallest absolute Gasteiger partial charge is 0.243 e. The fraction of sp³-hybridized carbons (Fsp3) is 0.286. The maximum atomic E-state index is 13.1. The van der Waals surface area contributed by atoms with Crippen molar-refractivity contribution in [2.75, 3.05) is 38.6 Å². The molecule has 8 nitrogen and oxygen atoms in total. The van der Waals surface area contributed by atoms with Gasteiger partial charge in [0.05, 0.1) is 29.3 Å². The Labute approximate surface area is 218 Å². The van der Waals surface area contributed by atoms with E-state index in [2.05, 4.69) is 17.1 Å². The van der Waals surface area contributed by atoms with Gasteiger partial charge in [0.15, 0.2) is 0 Å². The minimum absolute atomic E-state index is 0.0907. The molecule has 192 valence electrons. The summed E-state index contributed by atoms with van der Waals surface area (Å²) < 4.78 is 33.3. The van der Waals surface area contributed by atoms with Gasteiger partial charge in [-0.25, -0.2) is 18.4 Å². The number of fused-ring (bicyclic) bond motifs is 1.